The first kappa shape index (κ1) is 15.2. The summed E-state index contributed by atoms with van der Waals surface area (Å²) in [5.41, 5.74) is 2.48. The van der Waals surface area contributed by atoms with E-state index in [9.17, 15) is 9.18 Å². The maximum atomic E-state index is 12.8. The lowest BCUT2D eigenvalue weighted by atomic mass is 10.2. The second-order valence-electron chi connectivity index (χ2n) is 5.33. The molecule has 0 aliphatic rings. The molecule has 1 heterocycles. The van der Waals surface area contributed by atoms with E-state index in [1.807, 2.05) is 24.3 Å². The predicted octanol–water partition coefficient (Wildman–Crippen LogP) is 3.61. The molecule has 0 saturated heterocycles. The van der Waals surface area contributed by atoms with Crippen LogP contribution in [-0.4, -0.2) is 10.9 Å². The van der Waals surface area contributed by atoms with E-state index in [2.05, 4.69) is 10.3 Å². The number of hydrogen-bond acceptors (Lipinski definition) is 3. The van der Waals surface area contributed by atoms with Crippen molar-refractivity contribution in [2.24, 2.45) is 0 Å². The number of amides is 1. The summed E-state index contributed by atoms with van der Waals surface area (Å²) in [7, 11) is 0. The van der Waals surface area contributed by atoms with Crippen LogP contribution in [-0.2, 0) is 17.8 Å². The van der Waals surface area contributed by atoms with Gasteiger partial charge in [-0.25, -0.2) is 9.37 Å². The highest BCUT2D eigenvalue weighted by atomic mass is 19.1. The normalized spacial score (nSPS) is 10.8. The van der Waals surface area contributed by atoms with Crippen molar-refractivity contribution in [1.82, 2.24) is 10.3 Å². The molecule has 3 rings (SSSR count). The lowest BCUT2D eigenvalue weighted by Crippen LogP contribution is -2.22. The highest BCUT2D eigenvalue weighted by molar-refractivity contribution is 5.76. The Morgan fingerprint density at radius 3 is 2.70 bits per heavy atom. The van der Waals surface area contributed by atoms with Gasteiger partial charge in [-0.1, -0.05) is 24.3 Å². The SMILES string of the molecule is O=C(CCCc1nc2ccccc2o1)NCc1ccc(F)cc1. The number of para-hydroxylation sites is 2. The lowest BCUT2D eigenvalue weighted by Gasteiger charge is -2.04. The third-order valence-corrected chi connectivity index (χ3v) is 3.54. The van der Waals surface area contributed by atoms with Crippen molar-refractivity contribution in [2.45, 2.75) is 25.8 Å². The smallest absolute Gasteiger partial charge is 0.220 e. The second-order valence-corrected chi connectivity index (χ2v) is 5.33. The van der Waals surface area contributed by atoms with Gasteiger partial charge in [0.05, 0.1) is 0 Å². The molecule has 5 heteroatoms. The van der Waals surface area contributed by atoms with Gasteiger partial charge in [-0.2, -0.15) is 0 Å². The summed E-state index contributed by atoms with van der Waals surface area (Å²) < 4.78 is 18.4. The number of benzene rings is 2. The molecular weight excluding hydrogens is 295 g/mol. The summed E-state index contributed by atoms with van der Waals surface area (Å²) in [5, 5.41) is 2.82. The average molecular weight is 312 g/mol. The van der Waals surface area contributed by atoms with Crippen LogP contribution in [0.4, 0.5) is 4.39 Å². The number of nitrogens with one attached hydrogen (secondary N) is 1. The molecule has 4 nitrogen and oxygen atoms in total. The van der Waals surface area contributed by atoms with Crippen LogP contribution in [0.25, 0.3) is 11.1 Å². The molecule has 0 spiro atoms. The Labute approximate surface area is 133 Å². The van der Waals surface area contributed by atoms with Crippen LogP contribution in [0.3, 0.4) is 0 Å². The molecule has 3 aromatic rings. The molecule has 0 bridgehead atoms. The Kier molecular flexibility index (Phi) is 4.66. The van der Waals surface area contributed by atoms with Gasteiger partial charge in [0.15, 0.2) is 11.5 Å². The number of aryl methyl sites for hydroxylation is 1. The van der Waals surface area contributed by atoms with E-state index in [1.54, 1.807) is 12.1 Å². The van der Waals surface area contributed by atoms with Crippen LogP contribution in [0, 0.1) is 5.82 Å². The van der Waals surface area contributed by atoms with Gasteiger partial charge in [-0.3, -0.25) is 4.79 Å². The standard InChI is InChI=1S/C18H17FN2O2/c19-14-10-8-13(9-11-14)12-20-17(22)6-3-7-18-21-15-4-1-2-5-16(15)23-18/h1-2,4-5,8-11H,3,6-7,12H2,(H,20,22). The van der Waals surface area contributed by atoms with Crippen molar-refractivity contribution < 1.29 is 13.6 Å². The second kappa shape index (κ2) is 7.05. The van der Waals surface area contributed by atoms with Crippen molar-refractivity contribution >= 4 is 17.0 Å². The Hall–Kier alpha value is -2.69. The van der Waals surface area contributed by atoms with Crippen LogP contribution < -0.4 is 5.32 Å². The molecule has 23 heavy (non-hydrogen) atoms. The molecule has 0 radical (unpaired) electrons. The Balaban J connectivity index is 1.43. The number of carbonyl (C=O) groups excluding carboxylic acids is 1. The van der Waals surface area contributed by atoms with E-state index in [-0.39, 0.29) is 11.7 Å². The maximum Gasteiger partial charge on any atom is 0.220 e. The van der Waals surface area contributed by atoms with Crippen molar-refractivity contribution in [3.05, 3.63) is 65.8 Å². The summed E-state index contributed by atoms with van der Waals surface area (Å²) in [6, 6.07) is 13.7. The lowest BCUT2D eigenvalue weighted by molar-refractivity contribution is -0.121. The number of aromatic nitrogens is 1. The zero-order chi connectivity index (χ0) is 16.1. The van der Waals surface area contributed by atoms with Crippen LogP contribution >= 0.6 is 0 Å². The highest BCUT2D eigenvalue weighted by Gasteiger charge is 2.07. The van der Waals surface area contributed by atoms with Crippen LogP contribution in [0.5, 0.6) is 0 Å². The Morgan fingerprint density at radius 2 is 1.91 bits per heavy atom. The molecule has 0 unspecified atom stereocenters. The van der Waals surface area contributed by atoms with E-state index in [0.29, 0.717) is 31.7 Å². The van der Waals surface area contributed by atoms with E-state index in [4.69, 9.17) is 4.42 Å². The first-order valence-corrected chi connectivity index (χ1v) is 7.56. The van der Waals surface area contributed by atoms with E-state index in [0.717, 1.165) is 16.7 Å². The van der Waals surface area contributed by atoms with E-state index in [1.165, 1.54) is 12.1 Å². The number of nitrogens with zero attached hydrogens (tertiary/aromatic N) is 1. The van der Waals surface area contributed by atoms with Crippen molar-refractivity contribution in [1.29, 1.82) is 0 Å². The molecule has 0 saturated carbocycles. The molecule has 1 aromatic heterocycles. The first-order valence-electron chi connectivity index (χ1n) is 7.56. The Bertz CT molecular complexity index is 763. The number of hydrogen-bond donors (Lipinski definition) is 1. The minimum Gasteiger partial charge on any atom is -0.441 e. The fourth-order valence-corrected chi connectivity index (χ4v) is 2.32. The van der Waals surface area contributed by atoms with Gasteiger partial charge >= 0.3 is 0 Å². The topological polar surface area (TPSA) is 55.1 Å². The fraction of sp³-hybridized carbons (Fsp3) is 0.222. The van der Waals surface area contributed by atoms with E-state index >= 15 is 0 Å². The van der Waals surface area contributed by atoms with Crippen LogP contribution in [0.1, 0.15) is 24.3 Å². The number of carbonyl (C=O) groups is 1. The fourth-order valence-electron chi connectivity index (χ4n) is 2.32. The number of oxazole rings is 1. The minimum absolute atomic E-state index is 0.0366. The quantitative estimate of drug-likeness (QED) is 0.756. The van der Waals surface area contributed by atoms with Gasteiger partial charge < -0.3 is 9.73 Å². The summed E-state index contributed by atoms with van der Waals surface area (Å²) in [5.74, 6) is 0.335. The average Bonchev–Trinajstić information content (AvgIpc) is 2.97. The summed E-state index contributed by atoms with van der Waals surface area (Å²) in [6.45, 7) is 0.405. The van der Waals surface area contributed by atoms with Crippen molar-refractivity contribution in [2.75, 3.05) is 0 Å². The third-order valence-electron chi connectivity index (χ3n) is 3.54. The molecule has 118 valence electrons. The van der Waals surface area contributed by atoms with E-state index < -0.39 is 0 Å². The highest BCUT2D eigenvalue weighted by Crippen LogP contribution is 2.16. The minimum atomic E-state index is -0.279. The van der Waals surface area contributed by atoms with Gasteiger partial charge in [0.1, 0.15) is 11.3 Å². The largest absolute Gasteiger partial charge is 0.441 e. The molecular formula is C18H17FN2O2. The number of fused-ring (bicyclic) bond motifs is 1. The zero-order valence-electron chi connectivity index (χ0n) is 12.6. The number of halogens is 1. The third kappa shape index (κ3) is 4.16. The molecule has 1 amide bonds. The summed E-state index contributed by atoms with van der Waals surface area (Å²) >= 11 is 0. The predicted molar refractivity (Wildman–Crippen MR) is 85.2 cm³/mol. The first-order chi connectivity index (χ1) is 11.2. The van der Waals surface area contributed by atoms with Crippen LogP contribution in [0.15, 0.2) is 52.9 Å². The Morgan fingerprint density at radius 1 is 1.13 bits per heavy atom. The van der Waals surface area contributed by atoms with Gasteiger partial charge in [0, 0.05) is 19.4 Å². The van der Waals surface area contributed by atoms with Gasteiger partial charge in [-0.05, 0) is 36.2 Å². The zero-order valence-corrected chi connectivity index (χ0v) is 12.6. The van der Waals surface area contributed by atoms with Gasteiger partial charge in [0.2, 0.25) is 5.91 Å². The van der Waals surface area contributed by atoms with Crippen molar-refractivity contribution in [3.63, 3.8) is 0 Å². The van der Waals surface area contributed by atoms with Crippen LogP contribution in [0.2, 0.25) is 0 Å². The monoisotopic (exact) mass is 312 g/mol. The molecule has 0 atom stereocenters. The summed E-state index contributed by atoms with van der Waals surface area (Å²) in [6.07, 6.45) is 1.70. The maximum absolute atomic E-state index is 12.8. The van der Waals surface area contributed by atoms with Gasteiger partial charge in [0.25, 0.3) is 0 Å². The molecule has 0 fully saturated rings. The molecule has 2 aromatic carbocycles. The van der Waals surface area contributed by atoms with Crippen molar-refractivity contribution in [3.8, 4) is 0 Å². The van der Waals surface area contributed by atoms with Gasteiger partial charge in [-0.15, -0.1) is 0 Å². The molecule has 1 N–H and O–H groups in total. The number of rotatable bonds is 6. The molecule has 0 aliphatic carbocycles. The molecule has 0 aliphatic heterocycles. The summed E-state index contributed by atoms with van der Waals surface area (Å²) in [4.78, 5) is 16.2.